The number of hydrogen-bond donors (Lipinski definition) is 1. The highest BCUT2D eigenvalue weighted by molar-refractivity contribution is 5.94. The van der Waals surface area contributed by atoms with E-state index < -0.39 is 5.97 Å². The quantitative estimate of drug-likeness (QED) is 0.918. The average molecular weight is 259 g/mol. The van der Waals surface area contributed by atoms with Crippen LogP contribution in [0.15, 0.2) is 29.1 Å². The normalized spacial score (nSPS) is 10.8. The molecule has 0 aliphatic rings. The summed E-state index contributed by atoms with van der Waals surface area (Å²) < 4.78 is 1.93. The predicted octanol–water partition coefficient (Wildman–Crippen LogP) is 2.67. The maximum Gasteiger partial charge on any atom is 0.341 e. The van der Waals surface area contributed by atoms with E-state index in [2.05, 4.69) is 0 Å². The van der Waals surface area contributed by atoms with E-state index >= 15 is 0 Å². The van der Waals surface area contributed by atoms with Gasteiger partial charge in [0, 0.05) is 17.6 Å². The number of para-hydroxylation sites is 1. The van der Waals surface area contributed by atoms with Gasteiger partial charge in [0.25, 0.3) is 0 Å². The summed E-state index contributed by atoms with van der Waals surface area (Å²) >= 11 is 0. The van der Waals surface area contributed by atoms with E-state index in [4.69, 9.17) is 0 Å². The summed E-state index contributed by atoms with van der Waals surface area (Å²) in [6.07, 6.45) is 1.40. The summed E-state index contributed by atoms with van der Waals surface area (Å²) in [6, 6.07) is 7.18. The van der Waals surface area contributed by atoms with Crippen LogP contribution in [0.25, 0.3) is 10.9 Å². The highest BCUT2D eigenvalue weighted by Crippen LogP contribution is 2.18. The molecule has 1 aromatic carbocycles. The first kappa shape index (κ1) is 13.3. The molecule has 1 N–H and O–H groups in total. The lowest BCUT2D eigenvalue weighted by Gasteiger charge is -2.17. The predicted molar refractivity (Wildman–Crippen MR) is 74.8 cm³/mol. The maximum atomic E-state index is 12.3. The highest BCUT2D eigenvalue weighted by Gasteiger charge is 2.20. The molecular weight excluding hydrogens is 242 g/mol. The smallest absolute Gasteiger partial charge is 0.341 e. The molecule has 0 atom stereocenters. The van der Waals surface area contributed by atoms with Gasteiger partial charge in [-0.15, -0.1) is 0 Å². The molecule has 4 nitrogen and oxygen atoms in total. The number of carboxylic acid groups (broad SMARTS) is 1. The van der Waals surface area contributed by atoms with Crippen LogP contribution < -0.4 is 5.43 Å². The van der Waals surface area contributed by atoms with E-state index in [9.17, 15) is 14.7 Å². The number of hydrogen-bond acceptors (Lipinski definition) is 2. The van der Waals surface area contributed by atoms with Crippen molar-refractivity contribution in [1.82, 2.24) is 4.57 Å². The largest absolute Gasteiger partial charge is 0.477 e. The molecule has 0 unspecified atom stereocenters. The van der Waals surface area contributed by atoms with Crippen molar-refractivity contribution in [3.05, 3.63) is 45.7 Å². The Labute approximate surface area is 111 Å². The zero-order valence-electron chi connectivity index (χ0n) is 11.1. The van der Waals surface area contributed by atoms with E-state index in [-0.39, 0.29) is 11.0 Å². The number of nitrogens with zero attached hydrogens (tertiary/aromatic N) is 1. The van der Waals surface area contributed by atoms with Crippen molar-refractivity contribution in [1.29, 1.82) is 0 Å². The van der Waals surface area contributed by atoms with Crippen LogP contribution in [0.1, 0.15) is 36.3 Å². The highest BCUT2D eigenvalue weighted by atomic mass is 16.4. The number of aromatic nitrogens is 1. The molecule has 0 saturated carbocycles. The fourth-order valence-corrected chi connectivity index (χ4v) is 2.53. The van der Waals surface area contributed by atoms with Gasteiger partial charge in [0.2, 0.25) is 5.43 Å². The average Bonchev–Trinajstić information content (AvgIpc) is 2.39. The van der Waals surface area contributed by atoms with E-state index in [0.29, 0.717) is 24.0 Å². The number of rotatable bonds is 4. The Bertz CT molecular complexity index is 686. The van der Waals surface area contributed by atoms with Crippen LogP contribution in [0.5, 0.6) is 0 Å². The zero-order valence-corrected chi connectivity index (χ0v) is 11.1. The van der Waals surface area contributed by atoms with Crippen LogP contribution in [-0.2, 0) is 13.0 Å². The third kappa shape index (κ3) is 2.14. The van der Waals surface area contributed by atoms with Gasteiger partial charge < -0.3 is 9.67 Å². The van der Waals surface area contributed by atoms with Crippen LogP contribution >= 0.6 is 0 Å². The van der Waals surface area contributed by atoms with Crippen LogP contribution in [0, 0.1) is 0 Å². The van der Waals surface area contributed by atoms with Crippen molar-refractivity contribution in [3.8, 4) is 0 Å². The third-order valence-electron chi connectivity index (χ3n) is 3.30. The van der Waals surface area contributed by atoms with Gasteiger partial charge in [-0.25, -0.2) is 4.79 Å². The number of pyridine rings is 1. The second kappa shape index (κ2) is 5.26. The van der Waals surface area contributed by atoms with Gasteiger partial charge in [-0.2, -0.15) is 0 Å². The van der Waals surface area contributed by atoms with Crippen LogP contribution in [-0.4, -0.2) is 15.6 Å². The Morgan fingerprint density at radius 3 is 2.53 bits per heavy atom. The van der Waals surface area contributed by atoms with Gasteiger partial charge >= 0.3 is 5.97 Å². The number of aryl methyl sites for hydroxylation is 1. The maximum absolute atomic E-state index is 12.3. The van der Waals surface area contributed by atoms with Crippen molar-refractivity contribution in [3.63, 3.8) is 0 Å². The number of carboxylic acids is 1. The van der Waals surface area contributed by atoms with Crippen LogP contribution in [0.3, 0.4) is 0 Å². The molecule has 1 aromatic heterocycles. The standard InChI is InChI=1S/C15H17NO3/c1-3-7-12-13(15(18)19)14(17)10-8-5-6-9-11(10)16(12)4-2/h5-6,8-9H,3-4,7H2,1-2H3,(H,18,19). The first-order chi connectivity index (χ1) is 9.11. The molecule has 2 aromatic rings. The lowest BCUT2D eigenvalue weighted by Crippen LogP contribution is -2.24. The Balaban J connectivity index is 2.98. The molecule has 0 aliphatic heterocycles. The topological polar surface area (TPSA) is 59.3 Å². The molecule has 100 valence electrons. The molecule has 0 spiro atoms. The van der Waals surface area contributed by atoms with Crippen molar-refractivity contribution < 1.29 is 9.90 Å². The monoisotopic (exact) mass is 259 g/mol. The molecule has 4 heteroatoms. The Hall–Kier alpha value is -2.10. The summed E-state index contributed by atoms with van der Waals surface area (Å²) in [6.45, 7) is 4.59. The Morgan fingerprint density at radius 2 is 1.95 bits per heavy atom. The summed E-state index contributed by atoms with van der Waals surface area (Å²) in [5.41, 5.74) is 0.975. The SMILES string of the molecule is CCCc1c(C(=O)O)c(=O)c2ccccc2n1CC. The van der Waals surface area contributed by atoms with E-state index in [1.807, 2.05) is 30.5 Å². The van der Waals surface area contributed by atoms with Gasteiger partial charge in [0.15, 0.2) is 0 Å². The van der Waals surface area contributed by atoms with Gasteiger partial charge in [-0.05, 0) is 25.5 Å². The zero-order chi connectivity index (χ0) is 14.0. The lowest BCUT2D eigenvalue weighted by molar-refractivity contribution is 0.0693. The molecule has 0 aliphatic carbocycles. The molecular formula is C15H17NO3. The second-order valence-corrected chi connectivity index (χ2v) is 4.47. The number of fused-ring (bicyclic) bond motifs is 1. The summed E-state index contributed by atoms with van der Waals surface area (Å²) in [5, 5.41) is 9.81. The van der Waals surface area contributed by atoms with Gasteiger partial charge in [0.05, 0.1) is 5.52 Å². The van der Waals surface area contributed by atoms with Crippen molar-refractivity contribution in [2.24, 2.45) is 0 Å². The molecule has 0 radical (unpaired) electrons. The minimum absolute atomic E-state index is 0.0811. The van der Waals surface area contributed by atoms with Crippen molar-refractivity contribution in [2.45, 2.75) is 33.2 Å². The first-order valence-corrected chi connectivity index (χ1v) is 6.49. The molecule has 0 amide bonds. The number of benzene rings is 1. The second-order valence-electron chi connectivity index (χ2n) is 4.47. The summed E-state index contributed by atoms with van der Waals surface area (Å²) in [5.74, 6) is -1.14. The van der Waals surface area contributed by atoms with Gasteiger partial charge in [-0.3, -0.25) is 4.79 Å². The van der Waals surface area contributed by atoms with Gasteiger partial charge in [0.1, 0.15) is 5.56 Å². The van der Waals surface area contributed by atoms with Crippen LogP contribution in [0.4, 0.5) is 0 Å². The molecule has 0 saturated heterocycles. The molecule has 0 fully saturated rings. The molecule has 19 heavy (non-hydrogen) atoms. The Kier molecular flexibility index (Phi) is 3.69. The number of aromatic carboxylic acids is 1. The molecule has 0 bridgehead atoms. The van der Waals surface area contributed by atoms with Crippen molar-refractivity contribution in [2.75, 3.05) is 0 Å². The summed E-state index contributed by atoms with van der Waals surface area (Å²) in [4.78, 5) is 23.8. The fraction of sp³-hybridized carbons (Fsp3) is 0.333. The summed E-state index contributed by atoms with van der Waals surface area (Å²) in [7, 11) is 0. The van der Waals surface area contributed by atoms with E-state index in [1.54, 1.807) is 12.1 Å². The first-order valence-electron chi connectivity index (χ1n) is 6.49. The van der Waals surface area contributed by atoms with Crippen molar-refractivity contribution >= 4 is 16.9 Å². The lowest BCUT2D eigenvalue weighted by atomic mass is 10.0. The minimum atomic E-state index is -1.14. The Morgan fingerprint density at radius 1 is 1.26 bits per heavy atom. The fourth-order valence-electron chi connectivity index (χ4n) is 2.53. The van der Waals surface area contributed by atoms with E-state index in [0.717, 1.165) is 11.9 Å². The van der Waals surface area contributed by atoms with E-state index in [1.165, 1.54) is 0 Å². The molecule has 2 rings (SSSR count). The third-order valence-corrected chi connectivity index (χ3v) is 3.30. The minimum Gasteiger partial charge on any atom is -0.477 e. The van der Waals surface area contributed by atoms with Gasteiger partial charge in [-0.1, -0.05) is 25.5 Å². The van der Waals surface area contributed by atoms with Crippen LogP contribution in [0.2, 0.25) is 0 Å². The number of carbonyl (C=O) groups is 1. The molecule has 1 heterocycles.